The summed E-state index contributed by atoms with van der Waals surface area (Å²) in [5.41, 5.74) is 0.904. The molecule has 0 amide bonds. The van der Waals surface area contributed by atoms with E-state index in [-0.39, 0.29) is 0 Å². The molecule has 0 saturated carbocycles. The van der Waals surface area contributed by atoms with E-state index in [1.165, 1.54) is 0 Å². The average molecular weight is 246 g/mol. The minimum absolute atomic E-state index is 0.322. The number of nitrogens with zero attached hydrogens (tertiary/aromatic N) is 3. The smallest absolute Gasteiger partial charge is 0.203 e. The number of anilines is 1. The Morgan fingerprint density at radius 1 is 1.56 bits per heavy atom. The summed E-state index contributed by atoms with van der Waals surface area (Å²) < 4.78 is 12.0. The van der Waals surface area contributed by atoms with Crippen molar-refractivity contribution in [2.45, 2.75) is 13.1 Å². The Labute approximate surface area is 105 Å². The summed E-state index contributed by atoms with van der Waals surface area (Å²) in [4.78, 5) is 0. The van der Waals surface area contributed by atoms with E-state index < -0.39 is 0 Å². The van der Waals surface area contributed by atoms with E-state index in [9.17, 15) is 0 Å². The Hall–Kier alpha value is -2.26. The minimum atomic E-state index is 0.322. The highest BCUT2D eigenvalue weighted by molar-refractivity contribution is 5.38. The molecule has 0 radical (unpaired) electrons. The Morgan fingerprint density at radius 3 is 3.17 bits per heavy atom. The van der Waals surface area contributed by atoms with Crippen LogP contribution in [0.5, 0.6) is 0 Å². The van der Waals surface area contributed by atoms with Crippen LogP contribution in [-0.2, 0) is 17.8 Å². The molecule has 2 aromatic rings. The van der Waals surface area contributed by atoms with Gasteiger partial charge in [-0.1, -0.05) is 0 Å². The largest absolute Gasteiger partial charge is 0.449 e. The molecule has 0 atom stereocenters. The number of hydrogen-bond donors (Lipinski definition) is 1. The first kappa shape index (κ1) is 12.2. The van der Waals surface area contributed by atoms with Crippen LogP contribution in [0.3, 0.4) is 0 Å². The predicted octanol–water partition coefficient (Wildman–Crippen LogP) is 1.61. The van der Waals surface area contributed by atoms with Crippen LogP contribution < -0.4 is 5.32 Å². The van der Waals surface area contributed by atoms with Gasteiger partial charge in [0, 0.05) is 13.3 Å². The molecular weight excluding hydrogens is 232 g/mol. The van der Waals surface area contributed by atoms with Crippen LogP contribution in [0.1, 0.15) is 11.5 Å². The molecule has 2 aromatic heterocycles. The summed E-state index contributed by atoms with van der Waals surface area (Å²) in [6, 6.07) is 5.38. The number of ether oxygens (including phenoxy) is 1. The Balaban J connectivity index is 1.86. The molecule has 0 unspecified atom stereocenters. The molecule has 6 nitrogen and oxygen atoms in total. The Morgan fingerprint density at radius 2 is 2.44 bits per heavy atom. The number of aromatic nitrogens is 2. The van der Waals surface area contributed by atoms with Gasteiger partial charge in [0.2, 0.25) is 5.76 Å². The van der Waals surface area contributed by atoms with E-state index in [0.717, 1.165) is 18.0 Å². The Kier molecular flexibility index (Phi) is 3.99. The molecule has 0 aliphatic rings. The zero-order valence-corrected chi connectivity index (χ0v) is 10.1. The fourth-order valence-corrected chi connectivity index (χ4v) is 1.48. The molecule has 1 N–H and O–H groups in total. The highest BCUT2D eigenvalue weighted by Crippen LogP contribution is 2.10. The highest BCUT2D eigenvalue weighted by Gasteiger charge is 2.02. The minimum Gasteiger partial charge on any atom is -0.449 e. The lowest BCUT2D eigenvalue weighted by Crippen LogP contribution is -2.04. The lowest BCUT2D eigenvalue weighted by molar-refractivity contribution is 0.183. The highest BCUT2D eigenvalue weighted by atomic mass is 16.5. The quantitative estimate of drug-likeness (QED) is 0.837. The molecule has 18 heavy (non-hydrogen) atoms. The normalized spacial score (nSPS) is 10.2. The molecular formula is C12H14N4O2. The van der Waals surface area contributed by atoms with Crippen molar-refractivity contribution in [3.63, 3.8) is 0 Å². The van der Waals surface area contributed by atoms with Crippen LogP contribution in [0.2, 0.25) is 0 Å². The average Bonchev–Trinajstić information content (AvgIpc) is 3.03. The lowest BCUT2D eigenvalue weighted by Gasteiger charge is -2.00. The summed E-state index contributed by atoms with van der Waals surface area (Å²) in [6.07, 6.45) is 3.64. The molecule has 0 fully saturated rings. The molecule has 2 heterocycles. The fourth-order valence-electron chi connectivity index (χ4n) is 1.48. The van der Waals surface area contributed by atoms with Crippen LogP contribution in [0.15, 0.2) is 28.9 Å². The maximum atomic E-state index is 8.63. The molecule has 0 aliphatic carbocycles. The fraction of sp³-hybridized carbons (Fsp3) is 0.333. The van der Waals surface area contributed by atoms with Gasteiger partial charge in [0.25, 0.3) is 0 Å². The number of nitrogens with one attached hydrogen (secondary N) is 1. The van der Waals surface area contributed by atoms with Gasteiger partial charge in [0.05, 0.1) is 31.6 Å². The van der Waals surface area contributed by atoms with Gasteiger partial charge in [-0.25, -0.2) is 0 Å². The van der Waals surface area contributed by atoms with Gasteiger partial charge in [0.15, 0.2) is 0 Å². The van der Waals surface area contributed by atoms with Crippen LogP contribution in [0, 0.1) is 11.3 Å². The van der Waals surface area contributed by atoms with Crippen LogP contribution in [-0.4, -0.2) is 23.5 Å². The summed E-state index contributed by atoms with van der Waals surface area (Å²) in [5.74, 6) is 1.04. The van der Waals surface area contributed by atoms with Crippen LogP contribution in [0.4, 0.5) is 5.69 Å². The van der Waals surface area contributed by atoms with E-state index in [1.54, 1.807) is 30.1 Å². The standard InChI is InChI=1S/C12H14N4O2/c1-17-5-4-16-9-10(7-15-16)14-8-12-3-2-11(6-13)18-12/h2-3,7,9,14H,4-5,8H2,1H3. The van der Waals surface area contributed by atoms with Crippen LogP contribution in [0.25, 0.3) is 0 Å². The van der Waals surface area contributed by atoms with Gasteiger partial charge in [-0.2, -0.15) is 10.4 Å². The van der Waals surface area contributed by atoms with Gasteiger partial charge in [-0.05, 0) is 12.1 Å². The van der Waals surface area contributed by atoms with Crippen LogP contribution >= 0.6 is 0 Å². The van der Waals surface area contributed by atoms with E-state index in [0.29, 0.717) is 18.9 Å². The van der Waals surface area contributed by atoms with Crippen molar-refractivity contribution in [3.8, 4) is 6.07 Å². The first-order chi connectivity index (χ1) is 8.81. The predicted molar refractivity (Wildman–Crippen MR) is 64.9 cm³/mol. The number of furan rings is 1. The SMILES string of the molecule is COCCn1cc(NCc2ccc(C#N)o2)cn1. The summed E-state index contributed by atoms with van der Waals surface area (Å²) in [6.45, 7) is 1.87. The van der Waals surface area contributed by atoms with E-state index in [1.807, 2.05) is 12.3 Å². The first-order valence-corrected chi connectivity index (χ1v) is 5.56. The molecule has 2 rings (SSSR count). The van der Waals surface area contributed by atoms with Gasteiger partial charge >= 0.3 is 0 Å². The lowest BCUT2D eigenvalue weighted by atomic mass is 10.4. The van der Waals surface area contributed by atoms with Crippen molar-refractivity contribution >= 4 is 5.69 Å². The monoisotopic (exact) mass is 246 g/mol. The van der Waals surface area contributed by atoms with Crippen molar-refractivity contribution in [1.82, 2.24) is 9.78 Å². The van der Waals surface area contributed by atoms with Crippen molar-refractivity contribution in [1.29, 1.82) is 5.26 Å². The molecule has 0 aliphatic heterocycles. The maximum Gasteiger partial charge on any atom is 0.203 e. The zero-order chi connectivity index (χ0) is 12.8. The Bertz CT molecular complexity index is 538. The van der Waals surface area contributed by atoms with Gasteiger partial charge in [-0.3, -0.25) is 4.68 Å². The van der Waals surface area contributed by atoms with Gasteiger partial charge in [-0.15, -0.1) is 0 Å². The zero-order valence-electron chi connectivity index (χ0n) is 10.1. The number of rotatable bonds is 6. The third-order valence-corrected chi connectivity index (χ3v) is 2.40. The summed E-state index contributed by atoms with van der Waals surface area (Å²) in [7, 11) is 1.66. The van der Waals surface area contributed by atoms with Crippen molar-refractivity contribution in [3.05, 3.63) is 36.0 Å². The van der Waals surface area contributed by atoms with Gasteiger partial charge < -0.3 is 14.5 Å². The topological polar surface area (TPSA) is 76.0 Å². The first-order valence-electron chi connectivity index (χ1n) is 5.56. The second kappa shape index (κ2) is 5.89. The molecule has 0 saturated heterocycles. The summed E-state index contributed by atoms with van der Waals surface area (Å²) >= 11 is 0. The molecule has 6 heteroatoms. The maximum absolute atomic E-state index is 8.63. The number of hydrogen-bond acceptors (Lipinski definition) is 5. The van der Waals surface area contributed by atoms with Gasteiger partial charge in [0.1, 0.15) is 11.8 Å². The van der Waals surface area contributed by atoms with Crippen molar-refractivity contribution in [2.24, 2.45) is 0 Å². The third-order valence-electron chi connectivity index (χ3n) is 2.40. The molecule has 0 aromatic carbocycles. The summed E-state index contributed by atoms with van der Waals surface area (Å²) in [5, 5.41) is 16.0. The second-order valence-electron chi connectivity index (χ2n) is 3.72. The number of methoxy groups -OCH3 is 1. The van der Waals surface area contributed by atoms with Crippen molar-refractivity contribution in [2.75, 3.05) is 19.0 Å². The second-order valence-corrected chi connectivity index (χ2v) is 3.72. The molecule has 0 spiro atoms. The van der Waals surface area contributed by atoms with Crippen molar-refractivity contribution < 1.29 is 9.15 Å². The third kappa shape index (κ3) is 3.12. The van der Waals surface area contributed by atoms with E-state index in [2.05, 4.69) is 10.4 Å². The molecule has 94 valence electrons. The van der Waals surface area contributed by atoms with E-state index >= 15 is 0 Å². The number of nitriles is 1. The molecule has 0 bridgehead atoms. The van der Waals surface area contributed by atoms with E-state index in [4.69, 9.17) is 14.4 Å².